The van der Waals surface area contributed by atoms with Crippen molar-refractivity contribution in [2.75, 3.05) is 6.16 Å². The summed E-state index contributed by atoms with van der Waals surface area (Å²) < 4.78 is 17.1. The fourth-order valence-corrected chi connectivity index (χ4v) is 8.94. The number of nitrogens with one attached hydrogen (secondary N) is 1. The fourth-order valence-electron chi connectivity index (χ4n) is 5.56. The molecule has 4 rings (SSSR count). The second kappa shape index (κ2) is 14.5. The van der Waals surface area contributed by atoms with Gasteiger partial charge in [-0.2, -0.15) is 0 Å². The van der Waals surface area contributed by atoms with Crippen molar-refractivity contribution in [3.05, 3.63) is 119 Å². The van der Waals surface area contributed by atoms with Crippen molar-refractivity contribution in [1.29, 1.82) is 0 Å². The predicted molar refractivity (Wildman–Crippen MR) is 192 cm³/mol. The molecule has 2 nitrogen and oxygen atoms in total. The van der Waals surface area contributed by atoms with Crippen LogP contribution >= 0.6 is 7.92 Å². The van der Waals surface area contributed by atoms with E-state index in [1.165, 1.54) is 44.0 Å². The Labute approximate surface area is 265 Å². The predicted octanol–water partition coefficient (Wildman–Crippen LogP) is 9.95. The van der Waals surface area contributed by atoms with Crippen LogP contribution in [0.1, 0.15) is 108 Å². The van der Waals surface area contributed by atoms with E-state index in [0.29, 0.717) is 17.8 Å². The van der Waals surface area contributed by atoms with Crippen molar-refractivity contribution < 1.29 is 4.21 Å². The Morgan fingerprint density at radius 3 is 1.56 bits per heavy atom. The molecule has 0 aliphatic rings. The molecule has 0 saturated heterocycles. The quantitative estimate of drug-likeness (QED) is 0.168. The molecule has 4 aromatic carbocycles. The highest BCUT2D eigenvalue weighted by molar-refractivity contribution is 7.84. The van der Waals surface area contributed by atoms with E-state index >= 15 is 0 Å². The molecule has 0 amide bonds. The van der Waals surface area contributed by atoms with Crippen molar-refractivity contribution in [1.82, 2.24) is 4.72 Å². The summed E-state index contributed by atoms with van der Waals surface area (Å²) in [6.45, 7) is 20.0. The maximum absolute atomic E-state index is 13.8. The lowest BCUT2D eigenvalue weighted by molar-refractivity contribution is 0.618. The summed E-state index contributed by atoms with van der Waals surface area (Å²) in [7, 11) is -1.95. The van der Waals surface area contributed by atoms with Crippen LogP contribution in [0.3, 0.4) is 0 Å². The molecule has 0 heterocycles. The molecule has 0 radical (unpaired) electrons. The molecule has 0 spiro atoms. The molecule has 4 heteroatoms. The molecule has 0 fully saturated rings. The lowest BCUT2D eigenvalue weighted by Gasteiger charge is -2.31. The second-order valence-corrected chi connectivity index (χ2v) is 17.7. The van der Waals surface area contributed by atoms with Gasteiger partial charge in [0.2, 0.25) is 0 Å². The molecule has 228 valence electrons. The van der Waals surface area contributed by atoms with Crippen molar-refractivity contribution in [3.63, 3.8) is 0 Å². The van der Waals surface area contributed by atoms with E-state index in [0.717, 1.165) is 6.16 Å². The molecule has 0 bridgehead atoms. The van der Waals surface area contributed by atoms with E-state index in [-0.39, 0.29) is 10.8 Å². The standard InChI is InChI=1S/C39H50NOPS/c1-27(2)30-24-35(28(3)4)38(36(25-30)29(5)6)34-23-17-16-22-33(34)37(40-43(41)39(7,8)9)26-42(31-18-12-10-13-19-31)32-20-14-11-15-21-32/h10-25,27-29,37,40H,26H2,1-9H3/t37?,43-/m1/s1. The van der Waals surface area contributed by atoms with Gasteiger partial charge in [0.05, 0.1) is 15.7 Å². The van der Waals surface area contributed by atoms with E-state index < -0.39 is 18.9 Å². The third-order valence-electron chi connectivity index (χ3n) is 8.04. The van der Waals surface area contributed by atoms with Crippen molar-refractivity contribution >= 4 is 29.5 Å². The zero-order valence-corrected chi connectivity index (χ0v) is 29.2. The molecule has 4 aromatic rings. The van der Waals surface area contributed by atoms with E-state index in [4.69, 9.17) is 0 Å². The van der Waals surface area contributed by atoms with Crippen LogP contribution in [0.5, 0.6) is 0 Å². The Morgan fingerprint density at radius 1 is 0.651 bits per heavy atom. The molecular formula is C39H50NOPS. The van der Waals surface area contributed by atoms with Gasteiger partial charge in [-0.25, -0.2) is 8.93 Å². The maximum atomic E-state index is 13.8. The zero-order chi connectivity index (χ0) is 31.3. The Hall–Kier alpha value is -2.58. The third-order valence-corrected chi connectivity index (χ3v) is 12.2. The van der Waals surface area contributed by atoms with Gasteiger partial charge in [-0.15, -0.1) is 0 Å². The molecule has 0 aliphatic carbocycles. The molecule has 1 N–H and O–H groups in total. The van der Waals surface area contributed by atoms with Gasteiger partial charge in [0.25, 0.3) is 0 Å². The first-order valence-corrected chi connectivity index (χ1v) is 18.4. The first kappa shape index (κ1) is 33.3. The van der Waals surface area contributed by atoms with Crippen molar-refractivity contribution in [2.24, 2.45) is 0 Å². The van der Waals surface area contributed by atoms with Gasteiger partial charge >= 0.3 is 0 Å². The number of benzene rings is 4. The van der Waals surface area contributed by atoms with Crippen LogP contribution in [-0.4, -0.2) is 15.1 Å². The van der Waals surface area contributed by atoms with Crippen LogP contribution in [0.4, 0.5) is 0 Å². The van der Waals surface area contributed by atoms with Gasteiger partial charge in [-0.05, 0) is 96.6 Å². The molecule has 0 saturated carbocycles. The number of rotatable bonds is 11. The average Bonchev–Trinajstić information content (AvgIpc) is 2.98. The third kappa shape index (κ3) is 8.13. The summed E-state index contributed by atoms with van der Waals surface area (Å²) in [4.78, 5) is 0. The lowest BCUT2D eigenvalue weighted by Crippen LogP contribution is -2.38. The van der Waals surface area contributed by atoms with E-state index in [1.807, 2.05) is 0 Å². The van der Waals surface area contributed by atoms with Gasteiger partial charge in [0.1, 0.15) is 0 Å². The van der Waals surface area contributed by atoms with Crippen LogP contribution in [0, 0.1) is 0 Å². The highest BCUT2D eigenvalue weighted by atomic mass is 32.2. The van der Waals surface area contributed by atoms with Crippen LogP contribution in [-0.2, 0) is 11.0 Å². The summed E-state index contributed by atoms with van der Waals surface area (Å²) in [5.74, 6) is 1.21. The van der Waals surface area contributed by atoms with Gasteiger partial charge in [0, 0.05) is 6.04 Å². The van der Waals surface area contributed by atoms with Crippen LogP contribution in [0.2, 0.25) is 0 Å². The smallest absolute Gasteiger partial charge is 0.0976 e. The van der Waals surface area contributed by atoms with Crippen LogP contribution < -0.4 is 15.3 Å². The normalized spacial score (nSPS) is 13.7. The molecule has 43 heavy (non-hydrogen) atoms. The summed E-state index contributed by atoms with van der Waals surface area (Å²) in [5, 5.41) is 2.67. The first-order valence-electron chi connectivity index (χ1n) is 15.7. The van der Waals surface area contributed by atoms with Crippen LogP contribution in [0.25, 0.3) is 11.1 Å². The van der Waals surface area contributed by atoms with Gasteiger partial charge in [-0.1, -0.05) is 139 Å². The monoisotopic (exact) mass is 611 g/mol. The maximum Gasteiger partial charge on any atom is 0.0976 e. The Bertz CT molecular complexity index is 1440. The largest absolute Gasteiger partial charge is 0.242 e. The van der Waals surface area contributed by atoms with Gasteiger partial charge < -0.3 is 0 Å². The second-order valence-electron chi connectivity index (χ2n) is 13.5. The van der Waals surface area contributed by atoms with Crippen molar-refractivity contribution in [3.8, 4) is 11.1 Å². The minimum Gasteiger partial charge on any atom is -0.242 e. The molecule has 0 aliphatic heterocycles. The number of hydrogen-bond acceptors (Lipinski definition) is 1. The van der Waals surface area contributed by atoms with E-state index in [1.54, 1.807) is 0 Å². The van der Waals surface area contributed by atoms with Gasteiger partial charge in [-0.3, -0.25) is 0 Å². The summed E-state index contributed by atoms with van der Waals surface area (Å²) in [6, 6.07) is 35.4. The minimum absolute atomic E-state index is 0.104. The topological polar surface area (TPSA) is 29.1 Å². The van der Waals surface area contributed by atoms with E-state index in [9.17, 15) is 4.21 Å². The Balaban J connectivity index is 1.96. The summed E-state index contributed by atoms with van der Waals surface area (Å²) >= 11 is 0. The summed E-state index contributed by atoms with van der Waals surface area (Å²) in [6.07, 6.45) is 0.848. The fraction of sp³-hybridized carbons (Fsp3) is 0.385. The average molecular weight is 612 g/mol. The summed E-state index contributed by atoms with van der Waals surface area (Å²) in [5.41, 5.74) is 8.01. The Morgan fingerprint density at radius 2 is 1.12 bits per heavy atom. The Kier molecular flexibility index (Phi) is 11.2. The van der Waals surface area contributed by atoms with E-state index in [2.05, 4.69) is 164 Å². The highest BCUT2D eigenvalue weighted by Gasteiger charge is 2.30. The minimum atomic E-state index is -1.24. The zero-order valence-electron chi connectivity index (χ0n) is 27.5. The number of hydrogen-bond donors (Lipinski definition) is 1. The van der Waals surface area contributed by atoms with Crippen molar-refractivity contribution in [2.45, 2.75) is 90.9 Å². The highest BCUT2D eigenvalue weighted by Crippen LogP contribution is 2.44. The SMILES string of the molecule is CC(C)c1cc(C(C)C)c(-c2ccccc2C(CP(c2ccccc2)c2ccccc2)N[S@](=O)C(C)(C)C)c(C(C)C)c1. The molecular weight excluding hydrogens is 561 g/mol. The lowest BCUT2D eigenvalue weighted by atomic mass is 9.80. The van der Waals surface area contributed by atoms with Crippen LogP contribution in [0.15, 0.2) is 97.1 Å². The molecule has 2 atom stereocenters. The molecule has 0 aromatic heterocycles. The van der Waals surface area contributed by atoms with Gasteiger partial charge in [0.15, 0.2) is 0 Å². The first-order chi connectivity index (χ1) is 20.4. The molecule has 1 unspecified atom stereocenters.